The summed E-state index contributed by atoms with van der Waals surface area (Å²) < 4.78 is 11.6. The van der Waals surface area contributed by atoms with Gasteiger partial charge in [-0.2, -0.15) is 0 Å². The van der Waals surface area contributed by atoms with Crippen LogP contribution in [0.15, 0.2) is 180 Å². The zero-order chi connectivity index (χ0) is 34.2. The zero-order valence-electron chi connectivity index (χ0n) is 27.9. The van der Waals surface area contributed by atoms with Gasteiger partial charge in [-0.25, -0.2) is 0 Å². The molecule has 3 aromatic heterocycles. The summed E-state index contributed by atoms with van der Waals surface area (Å²) in [5, 5.41) is 10.2. The lowest BCUT2D eigenvalue weighted by Gasteiger charge is -2.26. The standard InChI is InChI=1S/C48H29NOS2/c1-2-8-30(9-3-1)43-22-23-44(50-43)31-14-18-36(19-15-31)49(37-20-16-32-26-41-39-10-4-6-12-45(39)51-47(41)28-34(32)24-37)38-21-17-33-27-42-40-11-5-7-13-46(40)52-48(42)29-35(33)25-38/h1-29H. The Morgan fingerprint density at radius 3 is 1.37 bits per heavy atom. The summed E-state index contributed by atoms with van der Waals surface area (Å²) in [6.07, 6.45) is 0. The second-order valence-corrected chi connectivity index (χ2v) is 15.5. The average molecular weight is 700 g/mol. The summed E-state index contributed by atoms with van der Waals surface area (Å²) in [4.78, 5) is 2.38. The molecule has 0 aliphatic heterocycles. The van der Waals surface area contributed by atoms with Crippen LogP contribution in [0.1, 0.15) is 0 Å². The van der Waals surface area contributed by atoms with Crippen molar-refractivity contribution in [3.05, 3.63) is 176 Å². The van der Waals surface area contributed by atoms with Crippen LogP contribution in [0.3, 0.4) is 0 Å². The summed E-state index contributed by atoms with van der Waals surface area (Å²) in [5.74, 6) is 1.72. The predicted molar refractivity (Wildman–Crippen MR) is 225 cm³/mol. The lowest BCUT2D eigenvalue weighted by Crippen LogP contribution is -2.09. The molecule has 0 radical (unpaired) electrons. The highest BCUT2D eigenvalue weighted by Crippen LogP contribution is 2.43. The summed E-state index contributed by atoms with van der Waals surface area (Å²) in [6, 6.07) is 63.7. The van der Waals surface area contributed by atoms with Gasteiger partial charge in [0.15, 0.2) is 0 Å². The van der Waals surface area contributed by atoms with E-state index >= 15 is 0 Å². The van der Waals surface area contributed by atoms with E-state index in [4.69, 9.17) is 4.42 Å². The topological polar surface area (TPSA) is 16.4 Å². The summed E-state index contributed by atoms with van der Waals surface area (Å²) in [6.45, 7) is 0. The van der Waals surface area contributed by atoms with Crippen LogP contribution in [0.25, 0.3) is 84.5 Å². The van der Waals surface area contributed by atoms with E-state index in [-0.39, 0.29) is 0 Å². The molecule has 0 saturated carbocycles. The van der Waals surface area contributed by atoms with Crippen LogP contribution >= 0.6 is 22.7 Å². The Hall–Kier alpha value is -6.20. The molecule has 52 heavy (non-hydrogen) atoms. The highest BCUT2D eigenvalue weighted by Gasteiger charge is 2.17. The van der Waals surface area contributed by atoms with Gasteiger partial charge in [0, 0.05) is 68.5 Å². The van der Waals surface area contributed by atoms with E-state index < -0.39 is 0 Å². The maximum Gasteiger partial charge on any atom is 0.134 e. The molecule has 2 nitrogen and oxygen atoms in total. The van der Waals surface area contributed by atoms with Gasteiger partial charge in [-0.15, -0.1) is 22.7 Å². The van der Waals surface area contributed by atoms with Crippen molar-refractivity contribution in [2.45, 2.75) is 0 Å². The van der Waals surface area contributed by atoms with Crippen molar-refractivity contribution in [1.29, 1.82) is 0 Å². The molecular weight excluding hydrogens is 671 g/mol. The Bertz CT molecular complexity index is 2980. The quantitative estimate of drug-likeness (QED) is 0.178. The number of nitrogens with zero attached hydrogens (tertiary/aromatic N) is 1. The first-order valence-corrected chi connectivity index (χ1v) is 19.1. The molecule has 11 aromatic rings. The first-order valence-electron chi connectivity index (χ1n) is 17.5. The maximum absolute atomic E-state index is 6.32. The smallest absolute Gasteiger partial charge is 0.134 e. The SMILES string of the molecule is c1ccc(-c2ccc(-c3ccc(N(c4ccc5cc6c(cc5c4)sc4ccccc46)c4ccc5cc6c(cc5c4)sc4ccccc46)cc3)o2)cc1. The molecule has 11 rings (SSSR count). The highest BCUT2D eigenvalue weighted by molar-refractivity contribution is 7.26. The number of hydrogen-bond acceptors (Lipinski definition) is 4. The zero-order valence-corrected chi connectivity index (χ0v) is 29.5. The molecule has 0 fully saturated rings. The van der Waals surface area contributed by atoms with Gasteiger partial charge in [0.1, 0.15) is 11.5 Å². The summed E-state index contributed by atoms with van der Waals surface area (Å²) >= 11 is 3.73. The molecule has 8 aromatic carbocycles. The molecule has 0 aliphatic carbocycles. The molecule has 0 atom stereocenters. The van der Waals surface area contributed by atoms with Crippen molar-refractivity contribution in [2.75, 3.05) is 4.90 Å². The van der Waals surface area contributed by atoms with Crippen LogP contribution < -0.4 is 4.90 Å². The van der Waals surface area contributed by atoms with Crippen LogP contribution in [0.4, 0.5) is 17.1 Å². The average Bonchev–Trinajstić information content (AvgIpc) is 3.92. The highest BCUT2D eigenvalue weighted by atomic mass is 32.1. The largest absolute Gasteiger partial charge is 0.456 e. The van der Waals surface area contributed by atoms with Gasteiger partial charge in [0.2, 0.25) is 0 Å². The molecule has 0 N–H and O–H groups in total. The number of anilines is 3. The first kappa shape index (κ1) is 29.5. The molecule has 0 spiro atoms. The van der Waals surface area contributed by atoms with Crippen molar-refractivity contribution < 1.29 is 4.42 Å². The first-order chi connectivity index (χ1) is 25.7. The van der Waals surface area contributed by atoms with E-state index in [2.05, 4.69) is 163 Å². The van der Waals surface area contributed by atoms with Crippen molar-refractivity contribution in [3.8, 4) is 22.6 Å². The fourth-order valence-corrected chi connectivity index (χ4v) is 9.93. The predicted octanol–water partition coefficient (Wildman–Crippen LogP) is 15.1. The lowest BCUT2D eigenvalue weighted by molar-refractivity contribution is 0.597. The van der Waals surface area contributed by atoms with Crippen molar-refractivity contribution in [3.63, 3.8) is 0 Å². The second kappa shape index (κ2) is 11.7. The summed E-state index contributed by atoms with van der Waals surface area (Å²) in [5.41, 5.74) is 5.44. The van der Waals surface area contributed by atoms with E-state index in [1.807, 2.05) is 40.9 Å². The summed E-state index contributed by atoms with van der Waals surface area (Å²) in [7, 11) is 0. The van der Waals surface area contributed by atoms with Gasteiger partial charge in [-0.05, 0) is 119 Å². The van der Waals surface area contributed by atoms with Crippen LogP contribution in [-0.4, -0.2) is 0 Å². The van der Waals surface area contributed by atoms with Gasteiger partial charge < -0.3 is 9.32 Å². The minimum atomic E-state index is 0.855. The number of fused-ring (bicyclic) bond motifs is 8. The van der Waals surface area contributed by atoms with Crippen molar-refractivity contribution in [1.82, 2.24) is 0 Å². The van der Waals surface area contributed by atoms with Gasteiger partial charge in [-0.3, -0.25) is 0 Å². The number of rotatable bonds is 5. The van der Waals surface area contributed by atoms with E-state index in [1.165, 1.54) is 61.9 Å². The monoisotopic (exact) mass is 699 g/mol. The number of thiophene rings is 2. The molecule has 244 valence electrons. The maximum atomic E-state index is 6.32. The lowest BCUT2D eigenvalue weighted by atomic mass is 10.0. The molecule has 4 heteroatoms. The number of benzene rings is 8. The van der Waals surface area contributed by atoms with Gasteiger partial charge in [-0.1, -0.05) is 78.9 Å². The normalized spacial score (nSPS) is 11.8. The Morgan fingerprint density at radius 2 is 0.808 bits per heavy atom. The molecule has 0 aliphatic rings. The van der Waals surface area contributed by atoms with E-state index in [0.717, 1.165) is 39.7 Å². The third-order valence-electron chi connectivity index (χ3n) is 10.2. The number of furan rings is 1. The molecule has 0 bridgehead atoms. The van der Waals surface area contributed by atoms with Gasteiger partial charge in [0.25, 0.3) is 0 Å². The second-order valence-electron chi connectivity index (χ2n) is 13.4. The molecule has 0 saturated heterocycles. The fourth-order valence-electron chi connectivity index (χ4n) is 7.66. The minimum Gasteiger partial charge on any atom is -0.456 e. The molecule has 0 amide bonds. The third-order valence-corrected chi connectivity index (χ3v) is 12.5. The Labute approximate surface area is 308 Å². The molecule has 0 unspecified atom stereocenters. The van der Waals surface area contributed by atoms with Crippen LogP contribution in [-0.2, 0) is 0 Å². The Morgan fingerprint density at radius 1 is 0.327 bits per heavy atom. The Kier molecular flexibility index (Phi) is 6.63. The number of hydrogen-bond donors (Lipinski definition) is 0. The van der Waals surface area contributed by atoms with Gasteiger partial charge in [0.05, 0.1) is 0 Å². The van der Waals surface area contributed by atoms with E-state index in [1.54, 1.807) is 0 Å². The van der Waals surface area contributed by atoms with Crippen LogP contribution in [0, 0.1) is 0 Å². The minimum absolute atomic E-state index is 0.855. The molecular formula is C48H29NOS2. The van der Waals surface area contributed by atoms with Gasteiger partial charge >= 0.3 is 0 Å². The van der Waals surface area contributed by atoms with Crippen LogP contribution in [0.2, 0.25) is 0 Å². The van der Waals surface area contributed by atoms with E-state index in [9.17, 15) is 0 Å². The Balaban J connectivity index is 1.05. The van der Waals surface area contributed by atoms with Crippen molar-refractivity contribution in [2.24, 2.45) is 0 Å². The van der Waals surface area contributed by atoms with E-state index in [0.29, 0.717) is 0 Å². The fraction of sp³-hybridized carbons (Fsp3) is 0. The molecule has 3 heterocycles. The third kappa shape index (κ3) is 4.84. The van der Waals surface area contributed by atoms with Crippen molar-refractivity contribution >= 4 is 102 Å². The van der Waals surface area contributed by atoms with Crippen LogP contribution in [0.5, 0.6) is 0 Å².